The molecule has 0 radical (unpaired) electrons. The third-order valence-corrected chi connectivity index (χ3v) is 3.55. The number of aliphatic hydroxyl groups excluding tert-OH is 3. The summed E-state index contributed by atoms with van der Waals surface area (Å²) in [4.78, 5) is 15.7. The molecule has 1 aliphatic rings. The predicted octanol–water partition coefficient (Wildman–Crippen LogP) is -0.750. The van der Waals surface area contributed by atoms with Crippen LogP contribution in [0.3, 0.4) is 0 Å². The van der Waals surface area contributed by atoms with Gasteiger partial charge in [0.25, 0.3) is 0 Å². The lowest BCUT2D eigenvalue weighted by Crippen LogP contribution is -2.36. The molecule has 0 unspecified atom stereocenters. The summed E-state index contributed by atoms with van der Waals surface area (Å²) in [6.45, 7) is 1.57. The first-order valence-corrected chi connectivity index (χ1v) is 7.17. The van der Waals surface area contributed by atoms with Crippen molar-refractivity contribution < 1.29 is 20.1 Å². The highest BCUT2D eigenvalue weighted by molar-refractivity contribution is 5.59. The topological polar surface area (TPSA) is 131 Å². The van der Waals surface area contributed by atoms with E-state index in [1.54, 1.807) is 6.08 Å². The molecule has 8 nitrogen and oxygen atoms in total. The van der Waals surface area contributed by atoms with Crippen LogP contribution >= 0.6 is 0 Å². The number of nitrogens with two attached hydrogens (primary N) is 1. The third kappa shape index (κ3) is 3.20. The Hall–Kier alpha value is -1.74. The van der Waals surface area contributed by atoms with Crippen molar-refractivity contribution in [1.29, 1.82) is 0 Å². The second-order valence-corrected chi connectivity index (χ2v) is 5.19. The van der Waals surface area contributed by atoms with Crippen molar-refractivity contribution >= 4 is 11.9 Å². The molecule has 2 rings (SSSR count). The van der Waals surface area contributed by atoms with Gasteiger partial charge in [-0.05, 0) is 6.42 Å². The summed E-state index contributed by atoms with van der Waals surface area (Å²) in [5.74, 6) is 0.0837. The normalized spacial score (nSPS) is 28.5. The minimum atomic E-state index is -1.34. The van der Waals surface area contributed by atoms with Crippen molar-refractivity contribution in [1.82, 2.24) is 9.55 Å². The molecule has 0 aliphatic carbocycles. The number of hydrogen-bond donors (Lipinski definition) is 4. The monoisotopic (exact) mass is 311 g/mol. The summed E-state index contributed by atoms with van der Waals surface area (Å²) in [6.07, 6.45) is 2.20. The Morgan fingerprint density at radius 2 is 2.18 bits per heavy atom. The average molecular weight is 311 g/mol. The Morgan fingerprint density at radius 1 is 1.45 bits per heavy atom. The zero-order valence-corrected chi connectivity index (χ0v) is 12.3. The van der Waals surface area contributed by atoms with Gasteiger partial charge in [0.15, 0.2) is 6.23 Å². The first-order valence-electron chi connectivity index (χ1n) is 7.17. The Labute approximate surface area is 127 Å². The smallest absolute Gasteiger partial charge is 0.351 e. The van der Waals surface area contributed by atoms with E-state index in [2.05, 4.69) is 4.98 Å². The van der Waals surface area contributed by atoms with Gasteiger partial charge in [0.2, 0.25) is 0 Å². The lowest BCUT2D eigenvalue weighted by molar-refractivity contribution is -0.0549. The summed E-state index contributed by atoms with van der Waals surface area (Å²) >= 11 is 0. The molecule has 1 aliphatic heterocycles. The van der Waals surface area contributed by atoms with Gasteiger partial charge in [-0.3, -0.25) is 4.57 Å². The molecular formula is C14H21N3O5. The fourth-order valence-corrected chi connectivity index (χ4v) is 2.29. The number of nitrogen functional groups attached to an aromatic ring is 1. The molecular weight excluding hydrogens is 290 g/mol. The van der Waals surface area contributed by atoms with Crippen molar-refractivity contribution in [3.63, 3.8) is 0 Å². The molecule has 0 aromatic carbocycles. The Kier molecular flexibility index (Phi) is 5.30. The molecule has 22 heavy (non-hydrogen) atoms. The summed E-state index contributed by atoms with van der Waals surface area (Å²) in [5, 5.41) is 28.9. The van der Waals surface area contributed by atoms with Gasteiger partial charge in [-0.2, -0.15) is 4.98 Å². The zero-order valence-electron chi connectivity index (χ0n) is 12.3. The predicted molar refractivity (Wildman–Crippen MR) is 79.9 cm³/mol. The molecule has 0 amide bonds. The molecule has 4 atom stereocenters. The molecule has 8 heteroatoms. The van der Waals surface area contributed by atoms with E-state index in [1.807, 2.05) is 13.0 Å². The van der Waals surface area contributed by atoms with Crippen LogP contribution in [0.25, 0.3) is 6.08 Å². The van der Waals surface area contributed by atoms with Crippen molar-refractivity contribution in [3.8, 4) is 0 Å². The Morgan fingerprint density at radius 3 is 2.77 bits per heavy atom. The molecule has 1 fully saturated rings. The van der Waals surface area contributed by atoms with Crippen LogP contribution in [-0.4, -0.2) is 49.8 Å². The summed E-state index contributed by atoms with van der Waals surface area (Å²) in [7, 11) is 0. The Balaban J connectivity index is 2.35. The van der Waals surface area contributed by atoms with Crippen molar-refractivity contribution in [2.24, 2.45) is 0 Å². The lowest BCUT2D eigenvalue weighted by Gasteiger charge is -2.18. The molecule has 1 saturated heterocycles. The van der Waals surface area contributed by atoms with Crippen LogP contribution in [-0.2, 0) is 4.74 Å². The number of unbranched alkanes of at least 4 members (excludes halogenated alkanes) is 1. The van der Waals surface area contributed by atoms with E-state index in [9.17, 15) is 15.0 Å². The van der Waals surface area contributed by atoms with Crippen molar-refractivity contribution in [2.75, 3.05) is 12.3 Å². The Bertz CT molecular complexity index is 601. The van der Waals surface area contributed by atoms with Gasteiger partial charge in [-0.15, -0.1) is 0 Å². The largest absolute Gasteiger partial charge is 0.394 e. The van der Waals surface area contributed by atoms with E-state index in [4.69, 9.17) is 15.6 Å². The number of ether oxygens (including phenoxy) is 1. The van der Waals surface area contributed by atoms with Gasteiger partial charge in [0.05, 0.1) is 6.61 Å². The maximum atomic E-state index is 12.0. The van der Waals surface area contributed by atoms with Crippen LogP contribution < -0.4 is 11.4 Å². The SMILES string of the molecule is CCCC=Cc1cn([C@@H]2O[C@H](CO)[C@@H](O)[C@H]2O)c(=O)nc1N. The van der Waals surface area contributed by atoms with E-state index < -0.39 is 36.8 Å². The van der Waals surface area contributed by atoms with Gasteiger partial charge in [-0.25, -0.2) is 4.79 Å². The van der Waals surface area contributed by atoms with E-state index in [-0.39, 0.29) is 5.82 Å². The number of hydrogen-bond acceptors (Lipinski definition) is 7. The summed E-state index contributed by atoms with van der Waals surface area (Å²) < 4.78 is 6.41. The molecule has 0 bridgehead atoms. The van der Waals surface area contributed by atoms with Crippen LogP contribution in [0.4, 0.5) is 5.82 Å². The third-order valence-electron chi connectivity index (χ3n) is 3.55. The molecule has 0 saturated carbocycles. The van der Waals surface area contributed by atoms with E-state index >= 15 is 0 Å². The van der Waals surface area contributed by atoms with Crippen LogP contribution in [0.1, 0.15) is 31.6 Å². The molecule has 0 spiro atoms. The van der Waals surface area contributed by atoms with Crippen molar-refractivity contribution in [3.05, 3.63) is 28.3 Å². The molecule has 2 heterocycles. The van der Waals surface area contributed by atoms with E-state index in [1.165, 1.54) is 6.20 Å². The standard InChI is InChI=1S/C14H21N3O5/c1-2-3-4-5-8-6-17(14(21)16-12(8)15)13-11(20)10(19)9(7-18)22-13/h4-6,9-11,13,18-20H,2-3,7H2,1H3,(H2,15,16,21)/t9-,10-,11-,13-/m1/s1. The second-order valence-electron chi connectivity index (χ2n) is 5.19. The van der Waals surface area contributed by atoms with Crippen LogP contribution in [0.2, 0.25) is 0 Å². The van der Waals surface area contributed by atoms with Gasteiger partial charge in [0, 0.05) is 11.8 Å². The van der Waals surface area contributed by atoms with E-state index in [0.29, 0.717) is 5.56 Å². The van der Waals surface area contributed by atoms with Gasteiger partial charge in [0.1, 0.15) is 24.1 Å². The first kappa shape index (κ1) is 16.6. The minimum Gasteiger partial charge on any atom is -0.394 e. The van der Waals surface area contributed by atoms with Gasteiger partial charge < -0.3 is 25.8 Å². The fourth-order valence-electron chi connectivity index (χ4n) is 2.29. The molecule has 5 N–H and O–H groups in total. The number of allylic oxidation sites excluding steroid dienone is 1. The highest BCUT2D eigenvalue weighted by Gasteiger charge is 2.43. The van der Waals surface area contributed by atoms with Crippen LogP contribution in [0.5, 0.6) is 0 Å². The number of nitrogens with zero attached hydrogens (tertiary/aromatic N) is 2. The molecule has 1 aromatic heterocycles. The number of aliphatic hydroxyl groups is 3. The minimum absolute atomic E-state index is 0.0837. The number of anilines is 1. The highest BCUT2D eigenvalue weighted by Crippen LogP contribution is 2.28. The maximum absolute atomic E-state index is 12.0. The van der Waals surface area contributed by atoms with E-state index in [0.717, 1.165) is 17.4 Å². The van der Waals surface area contributed by atoms with Crippen LogP contribution in [0.15, 0.2) is 17.1 Å². The second kappa shape index (κ2) is 7.01. The molecule has 122 valence electrons. The fraction of sp³-hybridized carbons (Fsp3) is 0.571. The summed E-state index contributed by atoms with van der Waals surface area (Å²) in [6, 6.07) is 0. The quantitative estimate of drug-likeness (QED) is 0.562. The summed E-state index contributed by atoms with van der Waals surface area (Å²) in [5.41, 5.74) is 5.54. The van der Waals surface area contributed by atoms with Crippen molar-refractivity contribution in [2.45, 2.75) is 44.3 Å². The average Bonchev–Trinajstić information content (AvgIpc) is 2.77. The first-order chi connectivity index (χ1) is 10.5. The molecule has 1 aromatic rings. The number of aromatic nitrogens is 2. The maximum Gasteiger partial charge on any atom is 0.351 e. The van der Waals surface area contributed by atoms with Crippen LogP contribution in [0, 0.1) is 0 Å². The number of rotatable bonds is 5. The zero-order chi connectivity index (χ0) is 16.3. The van der Waals surface area contributed by atoms with Gasteiger partial charge in [-0.1, -0.05) is 25.5 Å². The van der Waals surface area contributed by atoms with Gasteiger partial charge >= 0.3 is 5.69 Å². The highest BCUT2D eigenvalue weighted by atomic mass is 16.6. The lowest BCUT2D eigenvalue weighted by atomic mass is 10.1.